The lowest BCUT2D eigenvalue weighted by molar-refractivity contribution is 0.0979. The topological polar surface area (TPSA) is 17.1 Å². The summed E-state index contributed by atoms with van der Waals surface area (Å²) in [5.41, 5.74) is 0.256. The first-order valence-corrected chi connectivity index (χ1v) is 5.60. The van der Waals surface area contributed by atoms with E-state index in [1.807, 2.05) is 0 Å². The number of alkyl halides is 1. The molecule has 0 aliphatic carbocycles. The molecule has 0 bridgehead atoms. The van der Waals surface area contributed by atoms with Gasteiger partial charge < -0.3 is 0 Å². The van der Waals surface area contributed by atoms with Gasteiger partial charge in [-0.3, -0.25) is 4.79 Å². The molecule has 0 fully saturated rings. The Balaban J connectivity index is 2.68. The first-order valence-electron chi connectivity index (χ1n) is 4.69. The van der Waals surface area contributed by atoms with E-state index in [2.05, 4.69) is 0 Å². The quantitative estimate of drug-likeness (QED) is 0.436. The fourth-order valence-corrected chi connectivity index (χ4v) is 1.64. The fraction of sp³-hybridized carbons (Fsp3) is 0.364. The minimum absolute atomic E-state index is 0.135. The van der Waals surface area contributed by atoms with E-state index in [1.54, 1.807) is 0 Å². The zero-order chi connectivity index (χ0) is 11.3. The third kappa shape index (κ3) is 3.80. The van der Waals surface area contributed by atoms with Crippen LogP contribution in [-0.4, -0.2) is 11.7 Å². The molecular formula is C11H11Cl2FO. The highest BCUT2D eigenvalue weighted by Crippen LogP contribution is 2.19. The first kappa shape index (κ1) is 12.5. The number of halogens is 3. The van der Waals surface area contributed by atoms with Gasteiger partial charge in [0, 0.05) is 17.9 Å². The number of hydrogen-bond donors (Lipinski definition) is 0. The van der Waals surface area contributed by atoms with Gasteiger partial charge in [0.1, 0.15) is 5.82 Å². The van der Waals surface area contributed by atoms with E-state index < -0.39 is 5.82 Å². The van der Waals surface area contributed by atoms with E-state index in [-0.39, 0.29) is 11.3 Å². The maximum atomic E-state index is 12.9. The van der Waals surface area contributed by atoms with Crippen LogP contribution in [0.5, 0.6) is 0 Å². The second kappa shape index (κ2) is 6.09. The van der Waals surface area contributed by atoms with Gasteiger partial charge in [-0.05, 0) is 31.0 Å². The molecule has 0 saturated heterocycles. The van der Waals surface area contributed by atoms with Gasteiger partial charge in [-0.15, -0.1) is 11.6 Å². The summed E-state index contributed by atoms with van der Waals surface area (Å²) in [6.45, 7) is 0. The number of ketones is 1. The van der Waals surface area contributed by atoms with Crippen LogP contribution < -0.4 is 0 Å². The number of unbranched alkanes of at least 4 members (excludes halogenated alkanes) is 1. The first-order chi connectivity index (χ1) is 7.15. The standard InChI is InChI=1S/C11H11Cl2FO/c12-6-2-1-3-11(15)9-7-8(14)4-5-10(9)13/h4-5,7H,1-3,6H2. The van der Waals surface area contributed by atoms with Crippen LogP contribution in [0.25, 0.3) is 0 Å². The Morgan fingerprint density at radius 3 is 2.73 bits per heavy atom. The van der Waals surface area contributed by atoms with E-state index in [1.165, 1.54) is 18.2 Å². The summed E-state index contributed by atoms with van der Waals surface area (Å²) in [5, 5.41) is 0.298. The van der Waals surface area contributed by atoms with E-state index in [0.717, 1.165) is 6.42 Å². The largest absolute Gasteiger partial charge is 0.294 e. The number of carbonyl (C=O) groups excluding carboxylic acids is 1. The van der Waals surface area contributed by atoms with Gasteiger partial charge in [-0.2, -0.15) is 0 Å². The van der Waals surface area contributed by atoms with Crippen molar-refractivity contribution in [3.8, 4) is 0 Å². The third-order valence-corrected chi connectivity index (χ3v) is 2.61. The molecule has 0 atom stereocenters. The van der Waals surface area contributed by atoms with Crippen molar-refractivity contribution >= 4 is 29.0 Å². The Labute approximate surface area is 98.2 Å². The van der Waals surface area contributed by atoms with E-state index >= 15 is 0 Å². The van der Waals surface area contributed by atoms with Crippen LogP contribution in [0.2, 0.25) is 5.02 Å². The van der Waals surface area contributed by atoms with E-state index in [9.17, 15) is 9.18 Å². The Morgan fingerprint density at radius 1 is 1.33 bits per heavy atom. The van der Waals surface area contributed by atoms with Crippen molar-refractivity contribution in [3.63, 3.8) is 0 Å². The van der Waals surface area contributed by atoms with Gasteiger partial charge in [-0.1, -0.05) is 11.6 Å². The SMILES string of the molecule is O=C(CCCCCl)c1cc(F)ccc1Cl. The normalized spacial score (nSPS) is 10.3. The molecule has 0 saturated carbocycles. The third-order valence-electron chi connectivity index (χ3n) is 2.02. The van der Waals surface area contributed by atoms with Crippen LogP contribution in [0.3, 0.4) is 0 Å². The van der Waals surface area contributed by atoms with Gasteiger partial charge in [0.25, 0.3) is 0 Å². The maximum absolute atomic E-state index is 12.9. The predicted molar refractivity (Wildman–Crippen MR) is 60.3 cm³/mol. The van der Waals surface area contributed by atoms with Gasteiger partial charge >= 0.3 is 0 Å². The number of rotatable bonds is 5. The smallest absolute Gasteiger partial charge is 0.164 e. The molecular weight excluding hydrogens is 238 g/mol. The van der Waals surface area contributed by atoms with Crippen LogP contribution in [-0.2, 0) is 0 Å². The minimum atomic E-state index is -0.444. The van der Waals surface area contributed by atoms with Crippen molar-refractivity contribution in [2.24, 2.45) is 0 Å². The molecule has 0 amide bonds. The molecule has 0 radical (unpaired) electrons. The maximum Gasteiger partial charge on any atom is 0.164 e. The van der Waals surface area contributed by atoms with Gasteiger partial charge in [0.15, 0.2) is 5.78 Å². The van der Waals surface area contributed by atoms with Crippen LogP contribution >= 0.6 is 23.2 Å². The molecule has 1 nitrogen and oxygen atoms in total. The predicted octanol–water partition coefficient (Wildman–Crippen LogP) is 4.07. The molecule has 1 aromatic rings. The Bertz CT molecular complexity index is 352. The highest BCUT2D eigenvalue weighted by molar-refractivity contribution is 6.33. The monoisotopic (exact) mass is 248 g/mol. The molecule has 4 heteroatoms. The molecule has 0 N–H and O–H groups in total. The summed E-state index contributed by atoms with van der Waals surface area (Å²) < 4.78 is 12.9. The average Bonchev–Trinajstić information content (AvgIpc) is 2.22. The molecule has 0 aromatic heterocycles. The summed E-state index contributed by atoms with van der Waals surface area (Å²) in [4.78, 5) is 11.6. The van der Waals surface area contributed by atoms with E-state index in [4.69, 9.17) is 23.2 Å². The zero-order valence-corrected chi connectivity index (χ0v) is 9.61. The Kier molecular flexibility index (Phi) is 5.06. The lowest BCUT2D eigenvalue weighted by Crippen LogP contribution is -2.00. The molecule has 0 spiro atoms. The summed E-state index contributed by atoms with van der Waals surface area (Å²) in [5.74, 6) is -0.0471. The van der Waals surface area contributed by atoms with Crippen molar-refractivity contribution in [1.29, 1.82) is 0 Å². The van der Waals surface area contributed by atoms with E-state index in [0.29, 0.717) is 23.7 Å². The lowest BCUT2D eigenvalue weighted by Gasteiger charge is -2.02. The van der Waals surface area contributed by atoms with Gasteiger partial charge in [0.05, 0.1) is 5.02 Å². The summed E-state index contributed by atoms with van der Waals surface area (Å²) in [6, 6.07) is 3.80. The zero-order valence-electron chi connectivity index (χ0n) is 8.10. The van der Waals surface area contributed by atoms with Crippen molar-refractivity contribution in [2.45, 2.75) is 19.3 Å². The second-order valence-corrected chi connectivity index (χ2v) is 3.98. The van der Waals surface area contributed by atoms with Gasteiger partial charge in [0.2, 0.25) is 0 Å². The fourth-order valence-electron chi connectivity index (χ4n) is 1.23. The summed E-state index contributed by atoms with van der Waals surface area (Å²) in [7, 11) is 0. The van der Waals surface area contributed by atoms with Crippen LogP contribution in [0.15, 0.2) is 18.2 Å². The van der Waals surface area contributed by atoms with Crippen LogP contribution in [0, 0.1) is 5.82 Å². The van der Waals surface area contributed by atoms with Crippen LogP contribution in [0.4, 0.5) is 4.39 Å². The molecule has 1 rings (SSSR count). The average molecular weight is 249 g/mol. The highest BCUT2D eigenvalue weighted by Gasteiger charge is 2.10. The molecule has 0 heterocycles. The Hall–Kier alpha value is -0.600. The number of benzene rings is 1. The molecule has 0 unspecified atom stereocenters. The van der Waals surface area contributed by atoms with Crippen molar-refractivity contribution in [3.05, 3.63) is 34.6 Å². The summed E-state index contributed by atoms with van der Waals surface area (Å²) >= 11 is 11.3. The number of hydrogen-bond acceptors (Lipinski definition) is 1. The van der Waals surface area contributed by atoms with Crippen molar-refractivity contribution in [2.75, 3.05) is 5.88 Å². The van der Waals surface area contributed by atoms with Gasteiger partial charge in [-0.25, -0.2) is 4.39 Å². The molecule has 82 valence electrons. The van der Waals surface area contributed by atoms with Crippen LogP contribution in [0.1, 0.15) is 29.6 Å². The minimum Gasteiger partial charge on any atom is -0.294 e. The van der Waals surface area contributed by atoms with Crippen molar-refractivity contribution < 1.29 is 9.18 Å². The molecule has 0 aliphatic heterocycles. The highest BCUT2D eigenvalue weighted by atomic mass is 35.5. The second-order valence-electron chi connectivity index (χ2n) is 3.19. The summed E-state index contributed by atoms with van der Waals surface area (Å²) in [6.07, 6.45) is 1.84. The number of carbonyl (C=O) groups is 1. The van der Waals surface area contributed by atoms with Crippen molar-refractivity contribution in [1.82, 2.24) is 0 Å². The number of Topliss-reactive ketones (excluding diaryl/α,β-unsaturated/α-hetero) is 1. The molecule has 1 aromatic carbocycles. The molecule has 15 heavy (non-hydrogen) atoms. The molecule has 0 aliphatic rings. The Morgan fingerprint density at radius 2 is 2.07 bits per heavy atom. The lowest BCUT2D eigenvalue weighted by atomic mass is 10.1.